The minimum atomic E-state index is 0.114. The molecule has 9 nitrogen and oxygen atoms in total. The van der Waals surface area contributed by atoms with Crippen LogP contribution in [0.1, 0.15) is 30.9 Å². The lowest BCUT2D eigenvalue weighted by Crippen LogP contribution is -2.17. The smallest absolute Gasteiger partial charge is 0.222 e. The summed E-state index contributed by atoms with van der Waals surface area (Å²) in [6.45, 7) is 4.81. The topological polar surface area (TPSA) is 123 Å². The Labute approximate surface area is 170 Å². The number of ether oxygens (including phenoxy) is 1. The number of benzene rings is 1. The molecular weight excluding hydrogens is 370 g/mol. The average Bonchev–Trinajstić information content (AvgIpc) is 3.11. The maximum Gasteiger partial charge on any atom is 0.222 e. The van der Waals surface area contributed by atoms with Crippen LogP contribution in [0.25, 0.3) is 11.0 Å². The molecule has 0 saturated heterocycles. The highest BCUT2D eigenvalue weighted by atomic mass is 16.5. The molecule has 29 heavy (non-hydrogen) atoms. The number of aliphatic hydroxyl groups excluding tert-OH is 1. The first-order chi connectivity index (χ1) is 14.2. The number of hydrogen-bond donors (Lipinski definition) is 4. The van der Waals surface area contributed by atoms with Crippen molar-refractivity contribution in [1.82, 2.24) is 25.1 Å². The Morgan fingerprint density at radius 2 is 2.10 bits per heavy atom. The zero-order valence-electron chi connectivity index (χ0n) is 17.0. The van der Waals surface area contributed by atoms with Crippen LogP contribution in [0.5, 0.6) is 5.75 Å². The maximum absolute atomic E-state index is 8.91. The van der Waals surface area contributed by atoms with E-state index in [9.17, 15) is 0 Å². The highest BCUT2D eigenvalue weighted by Gasteiger charge is 2.14. The average molecular weight is 399 g/mol. The van der Waals surface area contributed by atoms with Crippen LogP contribution in [0, 0.1) is 0 Å². The largest absolute Gasteiger partial charge is 0.496 e. The van der Waals surface area contributed by atoms with Gasteiger partial charge in [-0.3, -0.25) is 4.68 Å². The summed E-state index contributed by atoms with van der Waals surface area (Å²) in [5, 5.41) is 19.9. The number of anilines is 2. The molecule has 0 bridgehead atoms. The van der Waals surface area contributed by atoms with Crippen LogP contribution in [0.4, 0.5) is 11.8 Å². The summed E-state index contributed by atoms with van der Waals surface area (Å²) in [6.07, 6.45) is 3.84. The van der Waals surface area contributed by atoms with Crippen molar-refractivity contribution < 1.29 is 9.84 Å². The van der Waals surface area contributed by atoms with Gasteiger partial charge >= 0.3 is 0 Å². The van der Waals surface area contributed by atoms with E-state index in [0.29, 0.717) is 31.0 Å². The van der Waals surface area contributed by atoms with E-state index >= 15 is 0 Å². The highest BCUT2D eigenvalue weighted by Crippen LogP contribution is 2.26. The molecule has 0 radical (unpaired) electrons. The summed E-state index contributed by atoms with van der Waals surface area (Å²) in [6, 6.07) is 6.08. The van der Waals surface area contributed by atoms with Gasteiger partial charge in [0, 0.05) is 25.2 Å². The van der Waals surface area contributed by atoms with Gasteiger partial charge in [-0.2, -0.15) is 10.1 Å². The molecule has 0 saturated carbocycles. The molecule has 0 aliphatic heterocycles. The number of hydrogen-bond acceptors (Lipinski definition) is 8. The quantitative estimate of drug-likeness (QED) is 0.360. The lowest BCUT2D eigenvalue weighted by atomic mass is 10.1. The van der Waals surface area contributed by atoms with Gasteiger partial charge in [0.15, 0.2) is 5.82 Å². The third-order valence-corrected chi connectivity index (χ3v) is 4.62. The lowest BCUT2D eigenvalue weighted by molar-refractivity contribution is 0.292. The van der Waals surface area contributed by atoms with Gasteiger partial charge in [-0.15, -0.1) is 0 Å². The summed E-state index contributed by atoms with van der Waals surface area (Å²) >= 11 is 0. The minimum absolute atomic E-state index is 0.114. The van der Waals surface area contributed by atoms with E-state index < -0.39 is 0 Å². The molecule has 0 aliphatic carbocycles. The molecular formula is C20H29N7O2. The van der Waals surface area contributed by atoms with Crippen molar-refractivity contribution in [3.63, 3.8) is 0 Å². The molecule has 5 N–H and O–H groups in total. The fourth-order valence-corrected chi connectivity index (χ4v) is 3.15. The zero-order valence-corrected chi connectivity index (χ0v) is 17.0. The van der Waals surface area contributed by atoms with Crippen LogP contribution in [0.15, 0.2) is 24.4 Å². The molecule has 9 heteroatoms. The van der Waals surface area contributed by atoms with Gasteiger partial charge in [0.2, 0.25) is 5.95 Å². The predicted octanol–water partition coefficient (Wildman–Crippen LogP) is 1.76. The number of nitrogens with one attached hydrogen (secondary N) is 2. The van der Waals surface area contributed by atoms with Gasteiger partial charge in [-0.05, 0) is 18.1 Å². The summed E-state index contributed by atoms with van der Waals surface area (Å²) in [4.78, 5) is 8.69. The molecule has 2 heterocycles. The SMILES string of the molecule is CCCCNc1nc(N)nc2cnn(Cc3ccc(CNCCO)cc3OC)c12. The van der Waals surface area contributed by atoms with Gasteiger partial charge in [0.1, 0.15) is 16.8 Å². The third-order valence-electron chi connectivity index (χ3n) is 4.62. The summed E-state index contributed by atoms with van der Waals surface area (Å²) in [7, 11) is 1.66. The second kappa shape index (κ2) is 10.0. The van der Waals surface area contributed by atoms with Gasteiger partial charge in [0.05, 0.1) is 26.5 Å². The number of rotatable bonds is 11. The van der Waals surface area contributed by atoms with Crippen molar-refractivity contribution in [2.24, 2.45) is 0 Å². The molecule has 3 rings (SSSR count). The number of fused-ring (bicyclic) bond motifs is 1. The van der Waals surface area contributed by atoms with Gasteiger partial charge < -0.3 is 26.2 Å². The van der Waals surface area contributed by atoms with Crippen molar-refractivity contribution in [3.05, 3.63) is 35.5 Å². The number of unbranched alkanes of at least 4 members (excludes halogenated alkanes) is 1. The van der Waals surface area contributed by atoms with Gasteiger partial charge in [-0.25, -0.2) is 4.98 Å². The number of nitrogen functional groups attached to an aromatic ring is 1. The van der Waals surface area contributed by atoms with Crippen LogP contribution in [-0.4, -0.2) is 51.7 Å². The molecule has 2 aromatic heterocycles. The van der Waals surface area contributed by atoms with Gasteiger partial charge in [0.25, 0.3) is 0 Å². The molecule has 0 fully saturated rings. The Hall–Kier alpha value is -2.91. The predicted molar refractivity (Wildman–Crippen MR) is 114 cm³/mol. The molecule has 0 aliphatic rings. The maximum atomic E-state index is 8.91. The standard InChI is InChI=1S/C20H29N7O2/c1-3-4-7-23-19-18-16(25-20(21)26-19)12-24-27(18)13-15-6-5-14(10-17(15)29-2)11-22-8-9-28/h5-6,10,12,22,28H,3-4,7-9,11,13H2,1-2H3,(H3,21,23,25,26). The van der Waals surface area contributed by atoms with Crippen LogP contribution < -0.4 is 21.1 Å². The Bertz CT molecular complexity index is 942. The molecule has 0 atom stereocenters. The Morgan fingerprint density at radius 1 is 1.24 bits per heavy atom. The van der Waals surface area contributed by atoms with Crippen molar-refractivity contribution in [1.29, 1.82) is 0 Å². The van der Waals surface area contributed by atoms with Crippen molar-refractivity contribution >= 4 is 22.8 Å². The number of nitrogens with two attached hydrogens (primary N) is 1. The zero-order chi connectivity index (χ0) is 20.6. The van der Waals surface area contributed by atoms with E-state index in [4.69, 9.17) is 15.6 Å². The summed E-state index contributed by atoms with van der Waals surface area (Å²) in [5.74, 6) is 1.71. The molecule has 156 valence electrons. The van der Waals surface area contributed by atoms with E-state index in [1.54, 1.807) is 13.3 Å². The normalized spacial score (nSPS) is 11.1. The van der Waals surface area contributed by atoms with Crippen molar-refractivity contribution in [3.8, 4) is 5.75 Å². The second-order valence-corrected chi connectivity index (χ2v) is 6.79. The number of aliphatic hydroxyl groups is 1. The second-order valence-electron chi connectivity index (χ2n) is 6.79. The van der Waals surface area contributed by atoms with Crippen molar-refractivity contribution in [2.75, 3.05) is 37.9 Å². The Balaban J connectivity index is 1.87. The summed E-state index contributed by atoms with van der Waals surface area (Å²) in [5.41, 5.74) is 9.48. The van der Waals surface area contributed by atoms with Crippen LogP contribution in [-0.2, 0) is 13.1 Å². The molecule has 0 amide bonds. The fourth-order valence-electron chi connectivity index (χ4n) is 3.15. The monoisotopic (exact) mass is 399 g/mol. The molecule has 1 aromatic carbocycles. The molecule has 0 unspecified atom stereocenters. The van der Waals surface area contributed by atoms with E-state index in [1.807, 2.05) is 22.9 Å². The van der Waals surface area contributed by atoms with E-state index in [0.717, 1.165) is 41.8 Å². The van der Waals surface area contributed by atoms with E-state index in [1.165, 1.54) is 0 Å². The van der Waals surface area contributed by atoms with Crippen LogP contribution in [0.3, 0.4) is 0 Å². The molecule has 0 spiro atoms. The van der Waals surface area contributed by atoms with E-state index in [-0.39, 0.29) is 12.6 Å². The Morgan fingerprint density at radius 3 is 2.86 bits per heavy atom. The Kier molecular flexibility index (Phi) is 7.20. The first-order valence-corrected chi connectivity index (χ1v) is 9.86. The first-order valence-electron chi connectivity index (χ1n) is 9.86. The van der Waals surface area contributed by atoms with Crippen LogP contribution in [0.2, 0.25) is 0 Å². The number of nitrogens with zero attached hydrogens (tertiary/aromatic N) is 4. The van der Waals surface area contributed by atoms with E-state index in [2.05, 4.69) is 32.6 Å². The van der Waals surface area contributed by atoms with Crippen LogP contribution >= 0.6 is 0 Å². The fraction of sp³-hybridized carbons (Fsp3) is 0.450. The first kappa shape index (κ1) is 20.8. The number of aromatic nitrogens is 4. The van der Waals surface area contributed by atoms with Gasteiger partial charge in [-0.1, -0.05) is 25.5 Å². The minimum Gasteiger partial charge on any atom is -0.496 e. The molecule has 3 aromatic rings. The summed E-state index contributed by atoms with van der Waals surface area (Å²) < 4.78 is 7.46. The number of methoxy groups -OCH3 is 1. The third kappa shape index (κ3) is 5.12. The highest BCUT2D eigenvalue weighted by molar-refractivity contribution is 5.86. The van der Waals surface area contributed by atoms with Crippen molar-refractivity contribution in [2.45, 2.75) is 32.9 Å². The lowest BCUT2D eigenvalue weighted by Gasteiger charge is -2.13.